The van der Waals surface area contributed by atoms with Gasteiger partial charge < -0.3 is 10.5 Å². The Kier molecular flexibility index (Phi) is 4.79. The first-order valence-electron chi connectivity index (χ1n) is 4.80. The van der Waals surface area contributed by atoms with Crippen LogP contribution in [0.4, 0.5) is 0 Å². The third kappa shape index (κ3) is 3.57. The molecule has 0 unspecified atom stereocenters. The standard InChI is InChI=1S/C12H14N2O2/c1-16-12-6-10(5-11(7-12)9-15)8-14-4-2-3-13/h2-7,9H,8,13H2,1H3/b3-2-,14-4?. The van der Waals surface area contributed by atoms with E-state index in [-0.39, 0.29) is 0 Å². The molecule has 0 aliphatic heterocycles. The summed E-state index contributed by atoms with van der Waals surface area (Å²) < 4.78 is 5.08. The van der Waals surface area contributed by atoms with Crippen molar-refractivity contribution >= 4 is 12.5 Å². The van der Waals surface area contributed by atoms with Crippen LogP contribution < -0.4 is 10.5 Å². The number of benzene rings is 1. The zero-order valence-corrected chi connectivity index (χ0v) is 9.09. The van der Waals surface area contributed by atoms with Crippen LogP contribution >= 0.6 is 0 Å². The van der Waals surface area contributed by atoms with E-state index < -0.39 is 0 Å². The van der Waals surface area contributed by atoms with E-state index in [1.807, 2.05) is 6.07 Å². The first-order chi connectivity index (χ1) is 7.80. The maximum Gasteiger partial charge on any atom is 0.150 e. The minimum Gasteiger partial charge on any atom is -0.497 e. The summed E-state index contributed by atoms with van der Waals surface area (Å²) in [4.78, 5) is 14.8. The van der Waals surface area contributed by atoms with Crippen LogP contribution in [0.5, 0.6) is 5.75 Å². The van der Waals surface area contributed by atoms with Crippen molar-refractivity contribution in [2.75, 3.05) is 7.11 Å². The fourth-order valence-corrected chi connectivity index (χ4v) is 1.23. The summed E-state index contributed by atoms with van der Waals surface area (Å²) in [6, 6.07) is 5.30. The van der Waals surface area contributed by atoms with Gasteiger partial charge in [0.15, 0.2) is 0 Å². The first kappa shape index (κ1) is 12.0. The Morgan fingerprint density at radius 3 is 2.88 bits per heavy atom. The van der Waals surface area contributed by atoms with Crippen LogP contribution in [-0.4, -0.2) is 19.6 Å². The lowest BCUT2D eigenvalue weighted by atomic mass is 10.1. The van der Waals surface area contributed by atoms with E-state index in [2.05, 4.69) is 4.99 Å². The van der Waals surface area contributed by atoms with Gasteiger partial charge in [0, 0.05) is 11.8 Å². The molecular formula is C12H14N2O2. The Hall–Kier alpha value is -2.10. The molecule has 84 valence electrons. The molecule has 4 nitrogen and oxygen atoms in total. The first-order valence-corrected chi connectivity index (χ1v) is 4.80. The van der Waals surface area contributed by atoms with Crippen molar-refractivity contribution in [2.45, 2.75) is 6.54 Å². The number of aldehydes is 1. The molecule has 0 bridgehead atoms. The number of carbonyl (C=O) groups is 1. The van der Waals surface area contributed by atoms with E-state index in [9.17, 15) is 4.79 Å². The second kappa shape index (κ2) is 6.40. The molecule has 0 aromatic heterocycles. The number of allylic oxidation sites excluding steroid dienone is 1. The van der Waals surface area contributed by atoms with E-state index in [1.165, 1.54) is 6.20 Å². The highest BCUT2D eigenvalue weighted by Crippen LogP contribution is 2.16. The monoisotopic (exact) mass is 218 g/mol. The Bertz CT molecular complexity index is 411. The van der Waals surface area contributed by atoms with Crippen molar-refractivity contribution in [3.63, 3.8) is 0 Å². The van der Waals surface area contributed by atoms with Crippen LogP contribution in [0.3, 0.4) is 0 Å². The fraction of sp³-hybridized carbons (Fsp3) is 0.167. The maximum absolute atomic E-state index is 10.7. The summed E-state index contributed by atoms with van der Waals surface area (Å²) in [7, 11) is 1.56. The van der Waals surface area contributed by atoms with Gasteiger partial charge in [-0.25, -0.2) is 0 Å². The van der Waals surface area contributed by atoms with Crippen molar-refractivity contribution in [1.29, 1.82) is 0 Å². The van der Waals surface area contributed by atoms with Crippen LogP contribution in [0.2, 0.25) is 0 Å². The number of rotatable bonds is 5. The smallest absolute Gasteiger partial charge is 0.150 e. The van der Waals surface area contributed by atoms with Gasteiger partial charge in [0.05, 0.1) is 13.7 Å². The molecule has 1 aromatic carbocycles. The van der Waals surface area contributed by atoms with Gasteiger partial charge in [-0.05, 0) is 36.0 Å². The van der Waals surface area contributed by atoms with Gasteiger partial charge in [0.2, 0.25) is 0 Å². The fourth-order valence-electron chi connectivity index (χ4n) is 1.23. The van der Waals surface area contributed by atoms with E-state index in [0.29, 0.717) is 17.9 Å². The molecule has 0 heterocycles. The second-order valence-corrected chi connectivity index (χ2v) is 3.11. The van der Waals surface area contributed by atoms with Gasteiger partial charge in [0.1, 0.15) is 12.0 Å². The Balaban J connectivity index is 2.82. The molecule has 0 saturated carbocycles. The van der Waals surface area contributed by atoms with Gasteiger partial charge in [-0.15, -0.1) is 0 Å². The third-order valence-corrected chi connectivity index (χ3v) is 1.94. The molecule has 0 aliphatic carbocycles. The molecule has 4 heteroatoms. The number of ether oxygens (including phenoxy) is 1. The zero-order valence-electron chi connectivity index (χ0n) is 9.09. The lowest BCUT2D eigenvalue weighted by Crippen LogP contribution is -1.91. The summed E-state index contributed by atoms with van der Waals surface area (Å²) in [6.07, 6.45) is 5.45. The highest BCUT2D eigenvalue weighted by Gasteiger charge is 1.99. The number of aliphatic imine (C=N–C) groups is 1. The van der Waals surface area contributed by atoms with Gasteiger partial charge in [-0.2, -0.15) is 0 Å². The van der Waals surface area contributed by atoms with E-state index in [4.69, 9.17) is 10.5 Å². The molecule has 1 rings (SSSR count). The minimum absolute atomic E-state index is 0.488. The van der Waals surface area contributed by atoms with Crippen molar-refractivity contribution in [1.82, 2.24) is 0 Å². The molecule has 0 atom stereocenters. The highest BCUT2D eigenvalue weighted by molar-refractivity contribution is 5.76. The topological polar surface area (TPSA) is 64.7 Å². The van der Waals surface area contributed by atoms with Crippen molar-refractivity contribution in [3.8, 4) is 5.75 Å². The van der Waals surface area contributed by atoms with Gasteiger partial charge in [-0.3, -0.25) is 9.79 Å². The van der Waals surface area contributed by atoms with E-state index in [0.717, 1.165) is 11.8 Å². The third-order valence-electron chi connectivity index (χ3n) is 1.94. The largest absolute Gasteiger partial charge is 0.497 e. The van der Waals surface area contributed by atoms with Crippen LogP contribution in [0.1, 0.15) is 15.9 Å². The van der Waals surface area contributed by atoms with Gasteiger partial charge in [0.25, 0.3) is 0 Å². The summed E-state index contributed by atoms with van der Waals surface area (Å²) in [5.41, 5.74) is 6.66. The van der Waals surface area contributed by atoms with Crippen molar-refractivity contribution < 1.29 is 9.53 Å². The zero-order chi connectivity index (χ0) is 11.8. The molecule has 0 radical (unpaired) electrons. The summed E-state index contributed by atoms with van der Waals surface area (Å²) in [5.74, 6) is 0.657. The molecule has 16 heavy (non-hydrogen) atoms. The highest BCUT2D eigenvalue weighted by atomic mass is 16.5. The lowest BCUT2D eigenvalue weighted by Gasteiger charge is -2.03. The summed E-state index contributed by atoms with van der Waals surface area (Å²) >= 11 is 0. The molecular weight excluding hydrogens is 204 g/mol. The molecule has 0 amide bonds. The maximum atomic E-state index is 10.7. The quantitative estimate of drug-likeness (QED) is 0.602. The Morgan fingerprint density at radius 1 is 1.44 bits per heavy atom. The second-order valence-electron chi connectivity index (χ2n) is 3.11. The summed E-state index contributed by atoms with van der Waals surface area (Å²) in [6.45, 7) is 0.488. The molecule has 2 N–H and O–H groups in total. The predicted molar refractivity (Wildman–Crippen MR) is 63.9 cm³/mol. The van der Waals surface area contributed by atoms with Crippen LogP contribution in [0.25, 0.3) is 0 Å². The average Bonchev–Trinajstić information content (AvgIpc) is 2.34. The van der Waals surface area contributed by atoms with Crippen LogP contribution in [0, 0.1) is 0 Å². The number of methoxy groups -OCH3 is 1. The normalized spacial score (nSPS) is 11.1. The van der Waals surface area contributed by atoms with Gasteiger partial charge in [-0.1, -0.05) is 0 Å². The van der Waals surface area contributed by atoms with Gasteiger partial charge >= 0.3 is 0 Å². The lowest BCUT2D eigenvalue weighted by molar-refractivity contribution is 0.112. The van der Waals surface area contributed by atoms with Crippen LogP contribution in [-0.2, 0) is 6.54 Å². The van der Waals surface area contributed by atoms with Crippen molar-refractivity contribution in [2.24, 2.45) is 10.7 Å². The molecule has 0 saturated heterocycles. The molecule has 0 aliphatic rings. The summed E-state index contributed by atoms with van der Waals surface area (Å²) in [5, 5.41) is 0. The van der Waals surface area contributed by atoms with Crippen LogP contribution in [0.15, 0.2) is 35.5 Å². The predicted octanol–water partition coefficient (Wildman–Crippen LogP) is 1.55. The number of carbonyl (C=O) groups excluding carboxylic acids is 1. The average molecular weight is 218 g/mol. The Morgan fingerprint density at radius 2 is 2.25 bits per heavy atom. The molecule has 1 aromatic rings. The SMILES string of the molecule is COc1cc(C=O)cc(CN=C/C=C\N)c1. The number of nitrogens with two attached hydrogens (primary N) is 1. The Labute approximate surface area is 94.4 Å². The molecule has 0 fully saturated rings. The van der Waals surface area contributed by atoms with Crippen molar-refractivity contribution in [3.05, 3.63) is 41.6 Å². The number of nitrogens with zero attached hydrogens (tertiary/aromatic N) is 1. The van der Waals surface area contributed by atoms with E-state index >= 15 is 0 Å². The number of hydrogen-bond donors (Lipinski definition) is 1. The minimum atomic E-state index is 0.488. The van der Waals surface area contributed by atoms with E-state index in [1.54, 1.807) is 31.5 Å². The number of hydrogen-bond acceptors (Lipinski definition) is 4. The molecule has 0 spiro atoms.